The second-order valence-electron chi connectivity index (χ2n) is 6.88. The first kappa shape index (κ1) is 18.8. The van der Waals surface area contributed by atoms with Crippen molar-refractivity contribution >= 4 is 16.7 Å². The van der Waals surface area contributed by atoms with E-state index >= 15 is 0 Å². The third-order valence-corrected chi connectivity index (χ3v) is 4.66. The molecule has 3 aromatic rings. The van der Waals surface area contributed by atoms with E-state index in [4.69, 9.17) is 4.74 Å². The minimum absolute atomic E-state index is 0.210. The third-order valence-electron chi connectivity index (χ3n) is 4.66. The Labute approximate surface area is 158 Å². The van der Waals surface area contributed by atoms with Gasteiger partial charge in [0.1, 0.15) is 23.9 Å². The second-order valence-corrected chi connectivity index (χ2v) is 6.88. The molecule has 0 fully saturated rings. The van der Waals surface area contributed by atoms with Crippen LogP contribution < -0.4 is 4.74 Å². The van der Waals surface area contributed by atoms with Gasteiger partial charge in [-0.2, -0.15) is 0 Å². The molecule has 1 unspecified atom stereocenters. The van der Waals surface area contributed by atoms with E-state index in [-0.39, 0.29) is 6.04 Å². The molecule has 0 amide bonds. The van der Waals surface area contributed by atoms with Gasteiger partial charge in [-0.3, -0.25) is 9.69 Å². The second kappa shape index (κ2) is 7.75. The molecule has 0 aliphatic carbocycles. The Bertz CT molecular complexity index is 951. The maximum atomic E-state index is 12.0. The average Bonchev–Trinajstić information content (AvgIpc) is 3.09. The minimum Gasteiger partial charge on any atom is -0.497 e. The molecule has 0 aliphatic rings. The summed E-state index contributed by atoms with van der Waals surface area (Å²) < 4.78 is 7.19. The summed E-state index contributed by atoms with van der Waals surface area (Å²) in [6.45, 7) is 4.47. The predicted octanol–water partition coefficient (Wildman–Crippen LogP) is 3.28. The fraction of sp³-hybridized carbons (Fsp3) is 0.350. The molecule has 27 heavy (non-hydrogen) atoms. The van der Waals surface area contributed by atoms with Crippen LogP contribution in [-0.4, -0.2) is 44.9 Å². The zero-order valence-corrected chi connectivity index (χ0v) is 16.0. The van der Waals surface area contributed by atoms with E-state index in [0.29, 0.717) is 6.54 Å². The third kappa shape index (κ3) is 3.93. The summed E-state index contributed by atoms with van der Waals surface area (Å²) in [4.78, 5) is 13.8. The Morgan fingerprint density at radius 1 is 1.22 bits per heavy atom. The lowest BCUT2D eigenvalue weighted by Gasteiger charge is -2.25. The van der Waals surface area contributed by atoms with E-state index < -0.39 is 12.0 Å². The Hall–Kier alpha value is -2.93. The summed E-state index contributed by atoms with van der Waals surface area (Å²) in [5, 5.41) is 19.9. The van der Waals surface area contributed by atoms with Gasteiger partial charge in [0.25, 0.3) is 0 Å². The van der Waals surface area contributed by atoms with E-state index in [0.717, 1.165) is 27.9 Å². The number of carboxylic acids is 1. The number of rotatable bonds is 7. The largest absolute Gasteiger partial charge is 0.497 e. The molecular weight excluding hydrogens is 344 g/mol. The highest BCUT2D eigenvalue weighted by molar-refractivity contribution is 5.86. The van der Waals surface area contributed by atoms with Crippen molar-refractivity contribution in [2.45, 2.75) is 32.5 Å². The summed E-state index contributed by atoms with van der Waals surface area (Å²) in [7, 11) is 3.41. The summed E-state index contributed by atoms with van der Waals surface area (Å²) in [5.74, 6) is 0.612. The molecule has 142 valence electrons. The van der Waals surface area contributed by atoms with Gasteiger partial charge in [-0.25, -0.2) is 0 Å². The van der Waals surface area contributed by atoms with E-state index in [9.17, 15) is 9.90 Å². The van der Waals surface area contributed by atoms with Crippen molar-refractivity contribution in [1.82, 2.24) is 19.7 Å². The van der Waals surface area contributed by atoms with Crippen LogP contribution in [0.1, 0.15) is 37.3 Å². The van der Waals surface area contributed by atoms with Gasteiger partial charge in [0.2, 0.25) is 0 Å². The van der Waals surface area contributed by atoms with E-state index in [1.807, 2.05) is 54.8 Å². The van der Waals surface area contributed by atoms with Gasteiger partial charge >= 0.3 is 5.97 Å². The first-order valence-corrected chi connectivity index (χ1v) is 8.80. The molecule has 1 N–H and O–H groups in total. The van der Waals surface area contributed by atoms with Crippen LogP contribution in [0.3, 0.4) is 0 Å². The van der Waals surface area contributed by atoms with Crippen LogP contribution in [0.2, 0.25) is 0 Å². The number of nitrogens with zero attached hydrogens (tertiary/aromatic N) is 4. The molecule has 0 bridgehead atoms. The molecule has 0 spiro atoms. The molecule has 0 aliphatic heterocycles. The molecule has 1 heterocycles. The molecule has 1 aromatic heterocycles. The summed E-state index contributed by atoms with van der Waals surface area (Å²) in [6.07, 6.45) is 1.67. The fourth-order valence-corrected chi connectivity index (χ4v) is 3.25. The maximum Gasteiger partial charge on any atom is 0.325 e. The number of carboxylic acid groups (broad SMARTS) is 1. The SMILES string of the molecule is COc1ccc2cc(C(C(=O)O)N(C)Cc3nncn3C(C)C)ccc2c1. The number of hydrogen-bond donors (Lipinski definition) is 1. The number of methoxy groups -OCH3 is 1. The van der Waals surface area contributed by atoms with Crippen molar-refractivity contribution in [2.75, 3.05) is 14.2 Å². The Morgan fingerprint density at radius 2 is 1.93 bits per heavy atom. The lowest BCUT2D eigenvalue weighted by Crippen LogP contribution is -2.31. The molecule has 7 heteroatoms. The monoisotopic (exact) mass is 368 g/mol. The number of likely N-dealkylation sites (N-methyl/N-ethyl adjacent to an activating group) is 1. The van der Waals surface area contributed by atoms with Crippen molar-refractivity contribution in [2.24, 2.45) is 0 Å². The quantitative estimate of drug-likeness (QED) is 0.689. The van der Waals surface area contributed by atoms with Crippen molar-refractivity contribution in [3.05, 3.63) is 54.1 Å². The fourth-order valence-electron chi connectivity index (χ4n) is 3.25. The van der Waals surface area contributed by atoms with Crippen molar-refractivity contribution < 1.29 is 14.6 Å². The van der Waals surface area contributed by atoms with Crippen LogP contribution >= 0.6 is 0 Å². The first-order chi connectivity index (χ1) is 12.9. The molecule has 0 saturated heterocycles. The molecule has 0 saturated carbocycles. The molecular formula is C20H24N4O3. The molecule has 3 rings (SSSR count). The summed E-state index contributed by atoms with van der Waals surface area (Å²) in [6, 6.07) is 10.9. The van der Waals surface area contributed by atoms with Crippen molar-refractivity contribution in [1.29, 1.82) is 0 Å². The van der Waals surface area contributed by atoms with Crippen molar-refractivity contribution in [3.8, 4) is 5.75 Å². The first-order valence-electron chi connectivity index (χ1n) is 8.80. The van der Waals surface area contributed by atoms with E-state index in [1.54, 1.807) is 25.4 Å². The van der Waals surface area contributed by atoms with Crippen LogP contribution in [-0.2, 0) is 11.3 Å². The van der Waals surface area contributed by atoms with Crippen molar-refractivity contribution in [3.63, 3.8) is 0 Å². The smallest absolute Gasteiger partial charge is 0.325 e. The number of benzene rings is 2. The van der Waals surface area contributed by atoms with Gasteiger partial charge < -0.3 is 14.4 Å². The maximum absolute atomic E-state index is 12.0. The Balaban J connectivity index is 1.91. The van der Waals surface area contributed by atoms with E-state index in [2.05, 4.69) is 10.2 Å². The topological polar surface area (TPSA) is 80.5 Å². The van der Waals surface area contributed by atoms with Crippen LogP contribution in [0.4, 0.5) is 0 Å². The highest BCUT2D eigenvalue weighted by atomic mass is 16.5. The Kier molecular flexibility index (Phi) is 5.41. The van der Waals surface area contributed by atoms with E-state index in [1.165, 1.54) is 0 Å². The number of fused-ring (bicyclic) bond motifs is 1. The highest BCUT2D eigenvalue weighted by Crippen LogP contribution is 2.27. The molecule has 7 nitrogen and oxygen atoms in total. The normalized spacial score (nSPS) is 12.7. The number of aliphatic carboxylic acids is 1. The van der Waals surface area contributed by atoms with Crippen LogP contribution in [0.5, 0.6) is 5.75 Å². The number of ether oxygens (including phenoxy) is 1. The van der Waals surface area contributed by atoms with Crippen LogP contribution in [0.25, 0.3) is 10.8 Å². The van der Waals surface area contributed by atoms with Crippen LogP contribution in [0, 0.1) is 0 Å². The number of hydrogen-bond acceptors (Lipinski definition) is 5. The molecule has 1 atom stereocenters. The average molecular weight is 368 g/mol. The Morgan fingerprint density at radius 3 is 2.59 bits per heavy atom. The molecule has 0 radical (unpaired) electrons. The highest BCUT2D eigenvalue weighted by Gasteiger charge is 2.26. The zero-order valence-electron chi connectivity index (χ0n) is 16.0. The van der Waals surface area contributed by atoms with Gasteiger partial charge in [-0.05, 0) is 55.4 Å². The van der Waals surface area contributed by atoms with Gasteiger partial charge in [-0.15, -0.1) is 10.2 Å². The number of carbonyl (C=O) groups is 1. The minimum atomic E-state index is -0.902. The van der Waals surface area contributed by atoms with Gasteiger partial charge in [-0.1, -0.05) is 18.2 Å². The zero-order chi connectivity index (χ0) is 19.6. The molecule has 2 aromatic carbocycles. The number of aromatic nitrogens is 3. The lowest BCUT2D eigenvalue weighted by atomic mass is 10.0. The lowest BCUT2D eigenvalue weighted by molar-refractivity contribution is -0.143. The van der Waals surface area contributed by atoms with Gasteiger partial charge in [0, 0.05) is 6.04 Å². The van der Waals surface area contributed by atoms with Gasteiger partial charge in [0.05, 0.1) is 13.7 Å². The van der Waals surface area contributed by atoms with Gasteiger partial charge in [0.15, 0.2) is 0 Å². The predicted molar refractivity (Wildman–Crippen MR) is 103 cm³/mol. The summed E-state index contributed by atoms with van der Waals surface area (Å²) >= 11 is 0. The standard InChI is InChI=1S/C20H24N4O3/c1-13(2)24-12-21-22-18(24)11-23(3)19(20(25)26)16-6-5-15-10-17(27-4)8-7-14(15)9-16/h5-10,12-13,19H,11H2,1-4H3,(H,25,26). The van der Waals surface area contributed by atoms with Crippen LogP contribution in [0.15, 0.2) is 42.7 Å². The summed E-state index contributed by atoms with van der Waals surface area (Å²) in [5.41, 5.74) is 0.721.